The summed E-state index contributed by atoms with van der Waals surface area (Å²) >= 11 is 0. The SMILES string of the molecule is Cc1ccc(-c2ccc(C(=O)NCCCCCCc3cccnc3)cc2)c(C)c1C. The van der Waals surface area contributed by atoms with Gasteiger partial charge in [0.1, 0.15) is 0 Å². The van der Waals surface area contributed by atoms with E-state index in [1.54, 1.807) is 0 Å². The van der Waals surface area contributed by atoms with E-state index in [-0.39, 0.29) is 5.91 Å². The number of rotatable bonds is 9. The first-order valence-electron chi connectivity index (χ1n) is 10.9. The molecule has 1 amide bonds. The number of hydrogen-bond acceptors (Lipinski definition) is 2. The second-order valence-electron chi connectivity index (χ2n) is 8.04. The van der Waals surface area contributed by atoms with Crippen LogP contribution in [-0.2, 0) is 6.42 Å². The number of unbranched alkanes of at least 4 members (excludes halogenated alkanes) is 3. The quantitative estimate of drug-likeness (QED) is 0.434. The first-order chi connectivity index (χ1) is 14.6. The molecule has 0 atom stereocenters. The Kier molecular flexibility index (Phi) is 7.78. The fraction of sp³-hybridized carbons (Fsp3) is 0.333. The molecule has 156 valence electrons. The molecule has 0 saturated heterocycles. The van der Waals surface area contributed by atoms with Crippen molar-refractivity contribution in [2.75, 3.05) is 6.54 Å². The molecule has 0 spiro atoms. The molecule has 3 nitrogen and oxygen atoms in total. The average Bonchev–Trinajstić information content (AvgIpc) is 2.78. The predicted molar refractivity (Wildman–Crippen MR) is 125 cm³/mol. The van der Waals surface area contributed by atoms with Crippen LogP contribution in [0.15, 0.2) is 60.9 Å². The molecule has 30 heavy (non-hydrogen) atoms. The third-order valence-corrected chi connectivity index (χ3v) is 5.92. The van der Waals surface area contributed by atoms with E-state index in [2.05, 4.69) is 49.3 Å². The Bertz CT molecular complexity index is 962. The lowest BCUT2D eigenvalue weighted by Crippen LogP contribution is -2.24. The van der Waals surface area contributed by atoms with Crippen molar-refractivity contribution in [3.05, 3.63) is 88.7 Å². The molecule has 3 aromatic rings. The van der Waals surface area contributed by atoms with Gasteiger partial charge in [-0.1, -0.05) is 43.2 Å². The Labute approximate surface area is 180 Å². The third-order valence-electron chi connectivity index (χ3n) is 5.92. The smallest absolute Gasteiger partial charge is 0.251 e. The van der Waals surface area contributed by atoms with Crippen LogP contribution in [0.5, 0.6) is 0 Å². The molecule has 3 heteroatoms. The summed E-state index contributed by atoms with van der Waals surface area (Å²) in [4.78, 5) is 16.6. The van der Waals surface area contributed by atoms with Gasteiger partial charge in [-0.3, -0.25) is 9.78 Å². The van der Waals surface area contributed by atoms with Crippen molar-refractivity contribution in [2.45, 2.75) is 52.9 Å². The zero-order valence-corrected chi connectivity index (χ0v) is 18.4. The Morgan fingerprint density at radius 3 is 2.37 bits per heavy atom. The van der Waals surface area contributed by atoms with Crippen LogP contribution in [0.4, 0.5) is 0 Å². The van der Waals surface area contributed by atoms with Crippen LogP contribution in [0.2, 0.25) is 0 Å². The van der Waals surface area contributed by atoms with Crippen LogP contribution in [-0.4, -0.2) is 17.4 Å². The summed E-state index contributed by atoms with van der Waals surface area (Å²) in [5.41, 5.74) is 8.34. The lowest BCUT2D eigenvalue weighted by Gasteiger charge is -2.12. The zero-order valence-electron chi connectivity index (χ0n) is 18.4. The molecule has 0 bridgehead atoms. The van der Waals surface area contributed by atoms with Gasteiger partial charge in [-0.15, -0.1) is 0 Å². The summed E-state index contributed by atoms with van der Waals surface area (Å²) < 4.78 is 0. The third kappa shape index (κ3) is 5.79. The number of hydrogen-bond donors (Lipinski definition) is 1. The van der Waals surface area contributed by atoms with Crippen LogP contribution in [0.3, 0.4) is 0 Å². The van der Waals surface area contributed by atoms with E-state index in [1.807, 2.05) is 42.7 Å². The molecule has 0 fully saturated rings. The summed E-state index contributed by atoms with van der Waals surface area (Å²) in [6.45, 7) is 7.19. The highest BCUT2D eigenvalue weighted by Gasteiger charge is 2.08. The normalized spacial score (nSPS) is 10.8. The van der Waals surface area contributed by atoms with E-state index in [0.29, 0.717) is 0 Å². The summed E-state index contributed by atoms with van der Waals surface area (Å²) in [7, 11) is 0. The van der Waals surface area contributed by atoms with Crippen molar-refractivity contribution >= 4 is 5.91 Å². The topological polar surface area (TPSA) is 42.0 Å². The van der Waals surface area contributed by atoms with Gasteiger partial charge in [0.25, 0.3) is 5.91 Å². The maximum absolute atomic E-state index is 12.4. The van der Waals surface area contributed by atoms with Crippen LogP contribution < -0.4 is 5.32 Å². The van der Waals surface area contributed by atoms with Crippen LogP contribution in [0.1, 0.15) is 58.3 Å². The second-order valence-corrected chi connectivity index (χ2v) is 8.04. The molecule has 3 rings (SSSR count). The molecular formula is C27H32N2O. The van der Waals surface area contributed by atoms with Gasteiger partial charge in [0, 0.05) is 24.5 Å². The van der Waals surface area contributed by atoms with Crippen LogP contribution in [0, 0.1) is 20.8 Å². The lowest BCUT2D eigenvalue weighted by atomic mass is 9.94. The number of nitrogens with one attached hydrogen (secondary N) is 1. The maximum atomic E-state index is 12.4. The molecule has 0 aliphatic heterocycles. The molecule has 0 unspecified atom stereocenters. The fourth-order valence-electron chi connectivity index (χ4n) is 3.73. The van der Waals surface area contributed by atoms with E-state index in [9.17, 15) is 4.79 Å². The largest absolute Gasteiger partial charge is 0.352 e. The Morgan fingerprint density at radius 1 is 0.867 bits per heavy atom. The van der Waals surface area contributed by atoms with Gasteiger partial charge in [-0.05, 0) is 91.6 Å². The van der Waals surface area contributed by atoms with Gasteiger partial charge in [-0.2, -0.15) is 0 Å². The van der Waals surface area contributed by atoms with Crippen LogP contribution >= 0.6 is 0 Å². The highest BCUT2D eigenvalue weighted by molar-refractivity contribution is 5.94. The number of aryl methyl sites for hydroxylation is 2. The van der Waals surface area contributed by atoms with E-state index < -0.39 is 0 Å². The van der Waals surface area contributed by atoms with Crippen molar-refractivity contribution in [1.29, 1.82) is 0 Å². The molecule has 0 aliphatic carbocycles. The van der Waals surface area contributed by atoms with Crippen LogP contribution in [0.25, 0.3) is 11.1 Å². The molecule has 0 saturated carbocycles. The number of benzene rings is 2. The molecule has 2 aromatic carbocycles. The van der Waals surface area contributed by atoms with Gasteiger partial charge in [0.05, 0.1) is 0 Å². The van der Waals surface area contributed by atoms with E-state index >= 15 is 0 Å². The number of amides is 1. The minimum atomic E-state index is 0.00807. The summed E-state index contributed by atoms with van der Waals surface area (Å²) in [5, 5.41) is 3.05. The predicted octanol–water partition coefficient (Wildman–Crippen LogP) is 6.21. The first-order valence-corrected chi connectivity index (χ1v) is 10.9. The monoisotopic (exact) mass is 400 g/mol. The second kappa shape index (κ2) is 10.7. The summed E-state index contributed by atoms with van der Waals surface area (Å²) in [6.07, 6.45) is 9.31. The minimum Gasteiger partial charge on any atom is -0.352 e. The highest BCUT2D eigenvalue weighted by Crippen LogP contribution is 2.27. The number of nitrogens with zero attached hydrogens (tertiary/aromatic N) is 1. The van der Waals surface area contributed by atoms with Gasteiger partial charge in [0.15, 0.2) is 0 Å². The van der Waals surface area contributed by atoms with Crippen molar-refractivity contribution in [2.24, 2.45) is 0 Å². The van der Waals surface area contributed by atoms with Crippen molar-refractivity contribution in [1.82, 2.24) is 10.3 Å². The Hall–Kier alpha value is -2.94. The van der Waals surface area contributed by atoms with Gasteiger partial charge < -0.3 is 5.32 Å². The molecule has 1 N–H and O–H groups in total. The average molecular weight is 401 g/mol. The minimum absolute atomic E-state index is 0.00807. The number of carbonyl (C=O) groups is 1. The molecule has 0 aliphatic rings. The van der Waals surface area contributed by atoms with Crippen molar-refractivity contribution in [3.63, 3.8) is 0 Å². The summed E-state index contributed by atoms with van der Waals surface area (Å²) in [6, 6.07) is 16.4. The van der Waals surface area contributed by atoms with Crippen molar-refractivity contribution < 1.29 is 4.79 Å². The Balaban J connectivity index is 1.41. The van der Waals surface area contributed by atoms with E-state index in [1.165, 1.54) is 40.7 Å². The molecule has 1 aromatic heterocycles. The van der Waals surface area contributed by atoms with Gasteiger partial charge in [0.2, 0.25) is 0 Å². The van der Waals surface area contributed by atoms with E-state index in [4.69, 9.17) is 0 Å². The summed E-state index contributed by atoms with van der Waals surface area (Å²) in [5.74, 6) is 0.00807. The number of aromatic nitrogens is 1. The van der Waals surface area contributed by atoms with Gasteiger partial charge in [-0.25, -0.2) is 0 Å². The van der Waals surface area contributed by atoms with Gasteiger partial charge >= 0.3 is 0 Å². The lowest BCUT2D eigenvalue weighted by molar-refractivity contribution is 0.0953. The van der Waals surface area contributed by atoms with E-state index in [0.717, 1.165) is 36.9 Å². The molecular weight excluding hydrogens is 368 g/mol. The molecule has 0 radical (unpaired) electrons. The fourth-order valence-corrected chi connectivity index (χ4v) is 3.73. The Morgan fingerprint density at radius 2 is 1.63 bits per heavy atom. The molecule has 1 heterocycles. The number of pyridine rings is 1. The highest BCUT2D eigenvalue weighted by atomic mass is 16.1. The zero-order chi connectivity index (χ0) is 21.3. The first kappa shape index (κ1) is 21.8. The number of carbonyl (C=O) groups excluding carboxylic acids is 1. The van der Waals surface area contributed by atoms with Crippen molar-refractivity contribution in [3.8, 4) is 11.1 Å². The standard InChI is InChI=1S/C27H32N2O/c1-20-11-16-26(22(3)21(20)2)24-12-14-25(15-13-24)27(30)29-18-7-5-4-6-9-23-10-8-17-28-19-23/h8,10-17,19H,4-7,9,18H2,1-3H3,(H,29,30). The maximum Gasteiger partial charge on any atom is 0.251 e.